The van der Waals surface area contributed by atoms with Crippen LogP contribution < -0.4 is 14.8 Å². The highest BCUT2D eigenvalue weighted by Crippen LogP contribution is 2.38. The van der Waals surface area contributed by atoms with Crippen LogP contribution in [0, 0.1) is 0 Å². The molecule has 0 saturated carbocycles. The van der Waals surface area contributed by atoms with E-state index in [0.29, 0.717) is 35.1 Å². The third-order valence-corrected chi connectivity index (χ3v) is 3.60. The molecule has 1 amide bonds. The largest absolute Gasteiger partial charge is 0.487 e. The Kier molecular flexibility index (Phi) is 4.26. The summed E-state index contributed by atoms with van der Waals surface area (Å²) in [4.78, 5) is 12.5. The maximum Gasteiger partial charge on any atom is 0.257 e. The second-order valence-corrected chi connectivity index (χ2v) is 5.71. The average Bonchev–Trinajstić information content (AvgIpc) is 3.12. The number of nitrogens with one attached hydrogen (secondary N) is 1. The van der Waals surface area contributed by atoms with Gasteiger partial charge in [-0.2, -0.15) is 5.10 Å². The van der Waals surface area contributed by atoms with E-state index >= 15 is 0 Å². The molecule has 2 heterocycles. The summed E-state index contributed by atoms with van der Waals surface area (Å²) in [6, 6.07) is 5.00. The number of aliphatic hydroxyl groups is 1. The third-order valence-electron chi connectivity index (χ3n) is 3.60. The number of allylic oxidation sites excluding steroid dienone is 1. The first-order chi connectivity index (χ1) is 11.5. The monoisotopic (exact) mass is 329 g/mol. The topological polar surface area (TPSA) is 85.6 Å². The smallest absolute Gasteiger partial charge is 0.257 e. The number of ether oxygens (including phenoxy) is 2. The highest BCUT2D eigenvalue weighted by atomic mass is 16.5. The highest BCUT2D eigenvalue weighted by molar-refractivity contribution is 6.04. The van der Waals surface area contributed by atoms with Crippen molar-refractivity contribution in [2.75, 3.05) is 11.9 Å². The minimum Gasteiger partial charge on any atom is -0.487 e. The summed E-state index contributed by atoms with van der Waals surface area (Å²) >= 11 is 0. The van der Waals surface area contributed by atoms with Gasteiger partial charge in [-0.1, -0.05) is 6.58 Å². The quantitative estimate of drug-likeness (QED) is 0.818. The van der Waals surface area contributed by atoms with Crippen LogP contribution >= 0.6 is 0 Å². The first kappa shape index (κ1) is 16.1. The van der Waals surface area contributed by atoms with Gasteiger partial charge in [-0.3, -0.25) is 9.48 Å². The molecular weight excluding hydrogens is 310 g/mol. The summed E-state index contributed by atoms with van der Waals surface area (Å²) in [5.74, 6) is 1.70. The van der Waals surface area contributed by atoms with Crippen LogP contribution in [0.5, 0.6) is 11.5 Å². The third kappa shape index (κ3) is 3.26. The molecule has 0 radical (unpaired) electrons. The van der Waals surface area contributed by atoms with Gasteiger partial charge in [0, 0.05) is 36.9 Å². The Bertz CT molecular complexity index is 797. The van der Waals surface area contributed by atoms with Crippen LogP contribution in [0.2, 0.25) is 0 Å². The summed E-state index contributed by atoms with van der Waals surface area (Å²) in [7, 11) is 1.77. The van der Waals surface area contributed by atoms with Gasteiger partial charge in [0.25, 0.3) is 5.91 Å². The van der Waals surface area contributed by atoms with E-state index in [1.807, 2.05) is 0 Å². The lowest BCUT2D eigenvalue weighted by molar-refractivity contribution is 0.102. The first-order valence-corrected chi connectivity index (χ1v) is 7.55. The first-order valence-electron chi connectivity index (χ1n) is 7.55. The van der Waals surface area contributed by atoms with Crippen LogP contribution in [0.4, 0.5) is 5.82 Å². The van der Waals surface area contributed by atoms with E-state index in [0.717, 1.165) is 5.56 Å². The van der Waals surface area contributed by atoms with Gasteiger partial charge in [0.2, 0.25) is 0 Å². The summed E-state index contributed by atoms with van der Waals surface area (Å²) in [6.45, 7) is 5.36. The Morgan fingerprint density at radius 3 is 3.00 bits per heavy atom. The Morgan fingerprint density at radius 2 is 2.38 bits per heavy atom. The van der Waals surface area contributed by atoms with Crippen molar-refractivity contribution in [1.82, 2.24) is 9.78 Å². The number of aromatic nitrogens is 2. The van der Waals surface area contributed by atoms with Crippen molar-refractivity contribution in [3.63, 3.8) is 0 Å². The number of carbonyl (C=O) groups is 1. The fraction of sp³-hybridized carbons (Fsp3) is 0.294. The number of rotatable bonds is 5. The molecule has 24 heavy (non-hydrogen) atoms. The molecule has 0 fully saturated rings. The SMILES string of the molecule is C=C(C)Oc1cc(C(=O)Nc2ccn(C)n2)cc2c1CC(CO)O2. The van der Waals surface area contributed by atoms with Crippen LogP contribution in [0.3, 0.4) is 0 Å². The standard InChI is InChI=1S/C17H19N3O4/c1-10(2)23-14-6-11(7-15-13(14)8-12(9-21)24-15)17(22)18-16-4-5-20(3)19-16/h4-7,12,21H,1,8-9H2,2-3H3,(H,18,19,22). The molecule has 126 valence electrons. The van der Waals surface area contributed by atoms with Gasteiger partial charge < -0.3 is 19.9 Å². The summed E-state index contributed by atoms with van der Waals surface area (Å²) in [5, 5.41) is 16.2. The molecule has 1 unspecified atom stereocenters. The highest BCUT2D eigenvalue weighted by Gasteiger charge is 2.28. The molecule has 1 aliphatic rings. The molecule has 0 spiro atoms. The predicted octanol–water partition coefficient (Wildman–Crippen LogP) is 1.88. The molecule has 2 N–H and O–H groups in total. The zero-order valence-corrected chi connectivity index (χ0v) is 13.6. The van der Waals surface area contributed by atoms with Crippen LogP contribution in [-0.2, 0) is 13.5 Å². The van der Waals surface area contributed by atoms with Crippen molar-refractivity contribution in [1.29, 1.82) is 0 Å². The molecule has 3 rings (SSSR count). The Morgan fingerprint density at radius 1 is 1.58 bits per heavy atom. The maximum absolute atomic E-state index is 12.5. The van der Waals surface area contributed by atoms with E-state index in [-0.39, 0.29) is 18.6 Å². The average molecular weight is 329 g/mol. The van der Waals surface area contributed by atoms with E-state index in [1.54, 1.807) is 43.0 Å². The molecule has 0 bridgehead atoms. The number of anilines is 1. The number of hydrogen-bond acceptors (Lipinski definition) is 5. The van der Waals surface area contributed by atoms with E-state index in [9.17, 15) is 9.90 Å². The second-order valence-electron chi connectivity index (χ2n) is 5.71. The van der Waals surface area contributed by atoms with Gasteiger partial charge in [-0.05, 0) is 19.1 Å². The molecule has 2 aromatic rings. The van der Waals surface area contributed by atoms with Gasteiger partial charge in [-0.15, -0.1) is 0 Å². The van der Waals surface area contributed by atoms with E-state index < -0.39 is 0 Å². The van der Waals surface area contributed by atoms with Crippen LogP contribution in [-0.4, -0.2) is 33.5 Å². The van der Waals surface area contributed by atoms with Crippen molar-refractivity contribution in [3.05, 3.63) is 47.9 Å². The zero-order valence-electron chi connectivity index (χ0n) is 13.6. The Hall–Kier alpha value is -2.80. The lowest BCUT2D eigenvalue weighted by Gasteiger charge is -2.11. The molecule has 1 aromatic heterocycles. The molecule has 1 atom stereocenters. The van der Waals surface area contributed by atoms with Gasteiger partial charge >= 0.3 is 0 Å². The van der Waals surface area contributed by atoms with Crippen LogP contribution in [0.1, 0.15) is 22.8 Å². The molecule has 1 aliphatic heterocycles. The number of nitrogens with zero attached hydrogens (tertiary/aromatic N) is 2. The Balaban J connectivity index is 1.91. The molecule has 1 aromatic carbocycles. The fourth-order valence-corrected chi connectivity index (χ4v) is 2.56. The van der Waals surface area contributed by atoms with Crippen LogP contribution in [0.15, 0.2) is 36.7 Å². The van der Waals surface area contributed by atoms with Crippen molar-refractivity contribution in [2.45, 2.75) is 19.4 Å². The Labute approximate surface area is 139 Å². The number of aliphatic hydroxyl groups excluding tert-OH is 1. The van der Waals surface area contributed by atoms with Crippen molar-refractivity contribution in [3.8, 4) is 11.5 Å². The summed E-state index contributed by atoms with van der Waals surface area (Å²) in [6.07, 6.45) is 1.93. The maximum atomic E-state index is 12.5. The molecule has 0 aliphatic carbocycles. The van der Waals surface area contributed by atoms with Gasteiger partial charge in [0.05, 0.1) is 12.4 Å². The van der Waals surface area contributed by atoms with Gasteiger partial charge in [0.15, 0.2) is 5.82 Å². The van der Waals surface area contributed by atoms with Gasteiger partial charge in [-0.25, -0.2) is 0 Å². The number of hydrogen-bond donors (Lipinski definition) is 2. The normalized spacial score (nSPS) is 15.5. The van der Waals surface area contributed by atoms with Crippen molar-refractivity contribution in [2.24, 2.45) is 7.05 Å². The minimum atomic E-state index is -0.332. The number of fused-ring (bicyclic) bond motifs is 1. The van der Waals surface area contributed by atoms with Crippen molar-refractivity contribution < 1.29 is 19.4 Å². The fourth-order valence-electron chi connectivity index (χ4n) is 2.56. The number of carbonyl (C=O) groups excluding carboxylic acids is 1. The van der Waals surface area contributed by atoms with E-state index in [2.05, 4.69) is 17.0 Å². The van der Waals surface area contributed by atoms with Crippen molar-refractivity contribution >= 4 is 11.7 Å². The summed E-state index contributed by atoms with van der Waals surface area (Å²) in [5.41, 5.74) is 1.21. The van der Waals surface area contributed by atoms with E-state index in [4.69, 9.17) is 9.47 Å². The zero-order chi connectivity index (χ0) is 17.3. The lowest BCUT2D eigenvalue weighted by Crippen LogP contribution is -2.17. The van der Waals surface area contributed by atoms with Crippen LogP contribution in [0.25, 0.3) is 0 Å². The molecule has 7 heteroatoms. The number of benzene rings is 1. The number of aryl methyl sites for hydroxylation is 1. The minimum absolute atomic E-state index is 0.101. The molecule has 0 saturated heterocycles. The predicted molar refractivity (Wildman–Crippen MR) is 88.3 cm³/mol. The molecule has 7 nitrogen and oxygen atoms in total. The summed E-state index contributed by atoms with van der Waals surface area (Å²) < 4.78 is 12.9. The number of amides is 1. The lowest BCUT2D eigenvalue weighted by atomic mass is 10.1. The second kappa shape index (κ2) is 6.37. The molecular formula is C17H19N3O4. The van der Waals surface area contributed by atoms with E-state index in [1.165, 1.54) is 0 Å². The van der Waals surface area contributed by atoms with Gasteiger partial charge in [0.1, 0.15) is 17.6 Å².